The Bertz CT molecular complexity index is 1790. The first-order valence-corrected chi connectivity index (χ1v) is 14.9. The highest BCUT2D eigenvalue weighted by molar-refractivity contribution is 5.24. The van der Waals surface area contributed by atoms with Gasteiger partial charge in [-0.05, 0) is 0 Å². The largest absolute Gasteiger partial charge is 0.460 e. The van der Waals surface area contributed by atoms with Crippen LogP contribution in [-0.4, -0.2) is 136 Å². The Balaban J connectivity index is 8.13. The van der Waals surface area contributed by atoms with Crippen LogP contribution < -0.4 is 0 Å². The molecule has 0 aliphatic carbocycles. The van der Waals surface area contributed by atoms with Crippen LogP contribution in [0.1, 0.15) is 6.92 Å². The third kappa shape index (κ3) is 7.37. The van der Waals surface area contributed by atoms with E-state index in [4.69, 9.17) is 0 Å². The van der Waals surface area contributed by atoms with Crippen molar-refractivity contribution in [3.05, 3.63) is 0 Å². The molecule has 0 rings (SSSR count). The van der Waals surface area contributed by atoms with Gasteiger partial charge in [0.05, 0.1) is 0 Å². The van der Waals surface area contributed by atoms with Crippen LogP contribution in [0.4, 0.5) is 206 Å². The molecular weight excluding hydrogens is 1180 g/mol. The molecule has 0 N–H and O–H groups in total. The lowest BCUT2D eigenvalue weighted by Gasteiger charge is -2.47. The van der Waals surface area contributed by atoms with E-state index in [1.54, 1.807) is 0 Å². The van der Waals surface area contributed by atoms with Crippen LogP contribution in [0, 0.1) is 0 Å². The Kier molecular flexibility index (Phi) is 15.1. The number of alkyl halides is 47. The summed E-state index contributed by atoms with van der Waals surface area (Å²) in [7, 11) is 0. The van der Waals surface area contributed by atoms with Crippen molar-refractivity contribution in [1.82, 2.24) is 0 Å². The van der Waals surface area contributed by atoms with Crippen molar-refractivity contribution in [2.45, 2.75) is 143 Å². The van der Waals surface area contributed by atoms with Crippen molar-refractivity contribution >= 4 is 0 Å². The lowest BCUT2D eigenvalue weighted by molar-refractivity contribution is -0.498. The van der Waals surface area contributed by atoms with Gasteiger partial charge < -0.3 is 0 Å². The molecule has 0 fully saturated rings. The van der Waals surface area contributed by atoms with Crippen LogP contribution in [0.3, 0.4) is 0 Å². The molecule has 0 aromatic carbocycles. The molecule has 47 heteroatoms. The predicted octanol–water partition coefficient (Wildman–Crippen LogP) is 15.5. The van der Waals surface area contributed by atoms with Gasteiger partial charge in [0.2, 0.25) is 0 Å². The smallest absolute Gasteiger partial charge is 0.200 e. The van der Waals surface area contributed by atoms with E-state index >= 15 is 0 Å². The Labute approximate surface area is 351 Å². The van der Waals surface area contributed by atoms with E-state index < -0.39 is 143 Å². The zero-order chi connectivity index (χ0) is 59.5. The SMILES string of the molecule is CC(F)(F)C(F)(F)C(F)(F)C(F)(F)C(F)(F)C(F)(F)C(F)(F)C(F)(F)C(F)(F)C(F)(F)C(F)(F)C(F)(F)C(F)(F)C(F)(F)C(F)(F)C(F)(F)C(F)(F)C(F)(F)C(F)(F)C(F)(F)C(F)(F)C(F)(F)C(F)(F)F. The monoisotopic (exact) mass is 1180 g/mol. The van der Waals surface area contributed by atoms with Gasteiger partial charge in [0.25, 0.3) is 0 Å². The lowest BCUT2D eigenvalue weighted by atomic mass is 9.81. The van der Waals surface area contributed by atoms with Crippen molar-refractivity contribution in [2.75, 3.05) is 0 Å². The minimum atomic E-state index is -10.8. The summed E-state index contributed by atoms with van der Waals surface area (Å²) in [4.78, 5) is 0. The molecule has 0 aliphatic rings. The Hall–Kier alpha value is -3.29. The molecule has 0 spiro atoms. The summed E-state index contributed by atoms with van der Waals surface area (Å²) in [6.07, 6.45) is -8.59. The van der Waals surface area contributed by atoms with E-state index in [0.717, 1.165) is 0 Å². The molecule has 0 bridgehead atoms. The Morgan fingerprint density at radius 1 is 0.113 bits per heavy atom. The molecule has 0 aliphatic heterocycles. The molecule has 0 saturated heterocycles. The molecule has 0 aromatic rings. The van der Waals surface area contributed by atoms with Gasteiger partial charge in [0.15, 0.2) is 0 Å². The third-order valence-corrected chi connectivity index (χ3v) is 8.79. The zero-order valence-corrected chi connectivity index (χ0v) is 30.3. The highest BCUT2D eigenvalue weighted by Gasteiger charge is 3.04. The van der Waals surface area contributed by atoms with Gasteiger partial charge in [-0.3, -0.25) is 0 Å². The van der Waals surface area contributed by atoms with Gasteiger partial charge in [-0.25, -0.2) is 0 Å². The number of rotatable bonds is 21. The molecule has 0 amide bonds. The van der Waals surface area contributed by atoms with Crippen LogP contribution in [0.2, 0.25) is 0 Å². The van der Waals surface area contributed by atoms with Crippen molar-refractivity contribution in [1.29, 1.82) is 0 Å². The fourth-order valence-corrected chi connectivity index (χ4v) is 4.20. The van der Waals surface area contributed by atoms with E-state index in [0.29, 0.717) is 0 Å². The van der Waals surface area contributed by atoms with Crippen LogP contribution in [0.25, 0.3) is 0 Å². The van der Waals surface area contributed by atoms with Crippen molar-refractivity contribution in [3.8, 4) is 0 Å². The molecule has 0 radical (unpaired) electrons. The molecule has 71 heavy (non-hydrogen) atoms. The molecule has 0 atom stereocenters. The minimum absolute atomic E-state index is 1.83. The summed E-state index contributed by atoms with van der Waals surface area (Å²) >= 11 is 0. The van der Waals surface area contributed by atoms with Crippen molar-refractivity contribution in [3.63, 3.8) is 0 Å². The molecular formula is C24H3F47. The van der Waals surface area contributed by atoms with Crippen LogP contribution >= 0.6 is 0 Å². The van der Waals surface area contributed by atoms with Gasteiger partial charge >= 0.3 is 136 Å². The van der Waals surface area contributed by atoms with E-state index in [9.17, 15) is 206 Å². The summed E-state index contributed by atoms with van der Waals surface area (Å²) in [6.45, 7) is -1.83. The summed E-state index contributed by atoms with van der Waals surface area (Å²) in [5.41, 5.74) is 0. The molecule has 0 unspecified atom stereocenters. The quantitative estimate of drug-likeness (QED) is 0.101. The third-order valence-electron chi connectivity index (χ3n) is 8.79. The Morgan fingerprint density at radius 3 is 0.254 bits per heavy atom. The van der Waals surface area contributed by atoms with Gasteiger partial charge in [-0.2, -0.15) is 206 Å². The minimum Gasteiger partial charge on any atom is -0.200 e. The average molecular weight is 1180 g/mol. The van der Waals surface area contributed by atoms with Gasteiger partial charge in [0.1, 0.15) is 0 Å². The van der Waals surface area contributed by atoms with Crippen LogP contribution in [-0.2, 0) is 0 Å². The number of halogens is 47. The highest BCUT2D eigenvalue weighted by atomic mass is 19.4. The fraction of sp³-hybridized carbons (Fsp3) is 1.00. The van der Waals surface area contributed by atoms with Gasteiger partial charge in [0, 0.05) is 6.92 Å². The van der Waals surface area contributed by atoms with Crippen LogP contribution in [0.15, 0.2) is 0 Å². The molecule has 0 aromatic heterocycles. The van der Waals surface area contributed by atoms with Gasteiger partial charge in [-0.1, -0.05) is 0 Å². The molecule has 0 heterocycles. The van der Waals surface area contributed by atoms with Crippen molar-refractivity contribution in [2.24, 2.45) is 0 Å². The number of hydrogen-bond donors (Lipinski definition) is 0. The van der Waals surface area contributed by atoms with E-state index in [2.05, 4.69) is 0 Å². The zero-order valence-electron chi connectivity index (χ0n) is 30.3. The fourth-order valence-electron chi connectivity index (χ4n) is 4.20. The molecule has 0 saturated carbocycles. The average Bonchev–Trinajstić information content (AvgIpc) is 3.11. The summed E-state index contributed by atoms with van der Waals surface area (Å²) in [5.74, 6) is -222. The predicted molar refractivity (Wildman–Crippen MR) is 121 cm³/mol. The molecule has 0 nitrogen and oxygen atoms in total. The van der Waals surface area contributed by atoms with Crippen LogP contribution in [0.5, 0.6) is 0 Å². The Morgan fingerprint density at radius 2 is 0.183 bits per heavy atom. The summed E-state index contributed by atoms with van der Waals surface area (Å²) in [5, 5.41) is 0. The second-order valence-electron chi connectivity index (χ2n) is 13.4. The standard InChI is InChI=1S/C24H3F47/c1-2(25,26)3(27,28)4(29,30)5(31,32)6(33,34)7(35,36)8(37,38)9(39,40)10(41,42)11(43,44)12(45,46)13(47,48)14(49,50)15(51,52)16(53,54)17(55,56)18(57,58)19(59,60)20(61,62)21(63,64)22(65,66)23(67,68)24(69,70)71/h1H3. The first-order valence-electron chi connectivity index (χ1n) is 14.9. The second kappa shape index (κ2) is 15.9. The van der Waals surface area contributed by atoms with Crippen molar-refractivity contribution < 1.29 is 206 Å². The number of hydrogen-bond acceptors (Lipinski definition) is 0. The van der Waals surface area contributed by atoms with E-state index in [1.807, 2.05) is 0 Å². The van der Waals surface area contributed by atoms with Gasteiger partial charge in [-0.15, -0.1) is 0 Å². The summed E-state index contributed by atoms with van der Waals surface area (Å²) < 4.78 is 640. The lowest BCUT2D eigenvalue weighted by Crippen LogP contribution is -2.81. The van der Waals surface area contributed by atoms with E-state index in [-0.39, 0.29) is 0 Å². The first kappa shape index (κ1) is 67.7. The molecule has 428 valence electrons. The first-order chi connectivity index (χ1) is 29.5. The summed E-state index contributed by atoms with van der Waals surface area (Å²) in [6, 6.07) is 0. The normalized spacial score (nSPS) is 17.6. The highest BCUT2D eigenvalue weighted by Crippen LogP contribution is 2.72. The second-order valence-corrected chi connectivity index (χ2v) is 13.4. The van der Waals surface area contributed by atoms with E-state index in [1.165, 1.54) is 0 Å². The maximum atomic E-state index is 14.1. The maximum absolute atomic E-state index is 14.1. The topological polar surface area (TPSA) is 0 Å². The maximum Gasteiger partial charge on any atom is 0.460 e.